The topological polar surface area (TPSA) is 122 Å². The van der Waals surface area contributed by atoms with Gasteiger partial charge in [0.15, 0.2) is 0 Å². The fraction of sp³-hybridized carbons (Fsp3) is 0.333. The average molecular weight is 432 g/mol. The second-order valence-electron chi connectivity index (χ2n) is 8.82. The van der Waals surface area contributed by atoms with Gasteiger partial charge in [-0.15, -0.1) is 0 Å². The number of amides is 4. The number of nitrogens with two attached hydrogens (primary N) is 1. The largest absolute Gasteiger partial charge is 0.370 e. The number of nitrogens with one attached hydrogen (secondary N) is 2. The van der Waals surface area contributed by atoms with Gasteiger partial charge < -0.3 is 11.1 Å². The zero-order valence-corrected chi connectivity index (χ0v) is 17.8. The Hall–Kier alpha value is -3.52. The highest BCUT2D eigenvalue weighted by molar-refractivity contribution is 6.26. The van der Waals surface area contributed by atoms with Crippen molar-refractivity contribution in [1.82, 2.24) is 5.32 Å². The lowest BCUT2D eigenvalue weighted by molar-refractivity contribution is -0.130. The quantitative estimate of drug-likeness (QED) is 0.632. The van der Waals surface area contributed by atoms with Crippen LogP contribution < -0.4 is 21.3 Å². The summed E-state index contributed by atoms with van der Waals surface area (Å²) in [6, 6.07) is 12.2. The SMILES string of the molecule is Cc1cccc(C)c1N1C(=O)[C@@H]2[C@H](CCC(N)=O)N[C@]3(C(=O)Nc4ccccc43)[C@@H]2C1=O. The van der Waals surface area contributed by atoms with Gasteiger partial charge in [0.1, 0.15) is 5.54 Å². The molecule has 4 atom stereocenters. The Kier molecular flexibility index (Phi) is 4.46. The first kappa shape index (κ1) is 20.4. The maximum absolute atomic E-state index is 13.9. The Morgan fingerprint density at radius 2 is 1.72 bits per heavy atom. The highest BCUT2D eigenvalue weighted by atomic mass is 16.2. The molecule has 2 aromatic rings. The molecule has 32 heavy (non-hydrogen) atoms. The number of aryl methyl sites for hydroxylation is 2. The molecule has 8 heteroatoms. The molecule has 5 rings (SSSR count). The third-order valence-corrected chi connectivity index (χ3v) is 6.99. The number of anilines is 2. The van der Waals surface area contributed by atoms with E-state index in [1.54, 1.807) is 24.3 Å². The first-order chi connectivity index (χ1) is 15.3. The molecule has 0 bridgehead atoms. The van der Waals surface area contributed by atoms with Crippen LogP contribution >= 0.6 is 0 Å². The van der Waals surface area contributed by atoms with E-state index in [1.165, 1.54) is 4.90 Å². The highest BCUT2D eigenvalue weighted by Gasteiger charge is 2.70. The van der Waals surface area contributed by atoms with Gasteiger partial charge in [0, 0.05) is 23.7 Å². The molecule has 2 fully saturated rings. The van der Waals surface area contributed by atoms with Crippen LogP contribution in [0.3, 0.4) is 0 Å². The number of rotatable bonds is 4. The maximum atomic E-state index is 13.9. The number of benzene rings is 2. The van der Waals surface area contributed by atoms with Gasteiger partial charge in [-0.05, 0) is 37.5 Å². The van der Waals surface area contributed by atoms with Crippen molar-refractivity contribution < 1.29 is 19.2 Å². The summed E-state index contributed by atoms with van der Waals surface area (Å²) in [5.74, 6) is -3.32. The fourth-order valence-corrected chi connectivity index (χ4v) is 5.68. The molecule has 164 valence electrons. The lowest BCUT2D eigenvalue weighted by atomic mass is 9.76. The fourth-order valence-electron chi connectivity index (χ4n) is 5.68. The number of hydrogen-bond acceptors (Lipinski definition) is 5. The first-order valence-electron chi connectivity index (χ1n) is 10.7. The minimum absolute atomic E-state index is 0.0467. The third kappa shape index (κ3) is 2.59. The van der Waals surface area contributed by atoms with Crippen LogP contribution in [0.2, 0.25) is 0 Å². The van der Waals surface area contributed by atoms with Crippen LogP contribution in [0.5, 0.6) is 0 Å². The molecule has 3 aliphatic heterocycles. The Bertz CT molecular complexity index is 1170. The molecule has 8 nitrogen and oxygen atoms in total. The van der Waals surface area contributed by atoms with Crippen molar-refractivity contribution in [3.05, 3.63) is 59.2 Å². The Labute approximate surface area is 185 Å². The van der Waals surface area contributed by atoms with Crippen molar-refractivity contribution in [3.8, 4) is 0 Å². The predicted molar refractivity (Wildman–Crippen MR) is 117 cm³/mol. The summed E-state index contributed by atoms with van der Waals surface area (Å²) < 4.78 is 0. The van der Waals surface area contributed by atoms with Crippen molar-refractivity contribution in [1.29, 1.82) is 0 Å². The second-order valence-corrected chi connectivity index (χ2v) is 8.82. The van der Waals surface area contributed by atoms with Gasteiger partial charge in [0.05, 0.1) is 17.5 Å². The Balaban J connectivity index is 1.67. The van der Waals surface area contributed by atoms with Gasteiger partial charge in [0.2, 0.25) is 23.6 Å². The van der Waals surface area contributed by atoms with Crippen molar-refractivity contribution in [2.75, 3.05) is 10.2 Å². The number of hydrogen-bond donors (Lipinski definition) is 3. The van der Waals surface area contributed by atoms with Crippen LogP contribution in [0.1, 0.15) is 29.5 Å². The molecular formula is C24H24N4O4. The summed E-state index contributed by atoms with van der Waals surface area (Å²) in [6.45, 7) is 3.71. The number of fused-ring (bicyclic) bond motifs is 4. The van der Waals surface area contributed by atoms with Gasteiger partial charge in [-0.3, -0.25) is 24.5 Å². The molecule has 0 radical (unpaired) electrons. The zero-order chi connectivity index (χ0) is 22.8. The molecule has 3 heterocycles. The van der Waals surface area contributed by atoms with Crippen LogP contribution in [0.25, 0.3) is 0 Å². The van der Waals surface area contributed by atoms with Crippen molar-refractivity contribution in [3.63, 3.8) is 0 Å². The molecule has 0 aromatic heterocycles. The van der Waals surface area contributed by atoms with Gasteiger partial charge in [-0.25, -0.2) is 4.90 Å². The summed E-state index contributed by atoms with van der Waals surface area (Å²) >= 11 is 0. The first-order valence-corrected chi connectivity index (χ1v) is 10.7. The number of carbonyl (C=O) groups excluding carboxylic acids is 4. The van der Waals surface area contributed by atoms with Crippen LogP contribution in [-0.2, 0) is 24.7 Å². The highest BCUT2D eigenvalue weighted by Crippen LogP contribution is 2.54. The minimum Gasteiger partial charge on any atom is -0.370 e. The molecule has 0 unspecified atom stereocenters. The summed E-state index contributed by atoms with van der Waals surface area (Å²) in [5, 5.41) is 6.17. The molecule has 1 spiro atoms. The van der Waals surface area contributed by atoms with E-state index < -0.39 is 35.2 Å². The number of para-hydroxylation sites is 2. The van der Waals surface area contributed by atoms with E-state index in [9.17, 15) is 19.2 Å². The molecule has 0 saturated carbocycles. The van der Waals surface area contributed by atoms with Crippen molar-refractivity contribution in [2.24, 2.45) is 17.6 Å². The second kappa shape index (κ2) is 7.00. The van der Waals surface area contributed by atoms with E-state index >= 15 is 0 Å². The molecular weight excluding hydrogens is 408 g/mol. The Morgan fingerprint density at radius 3 is 2.41 bits per heavy atom. The van der Waals surface area contributed by atoms with E-state index in [1.807, 2.05) is 32.0 Å². The summed E-state index contributed by atoms with van der Waals surface area (Å²) in [6.07, 6.45) is 0.304. The number of nitrogens with zero attached hydrogens (tertiary/aromatic N) is 1. The average Bonchev–Trinajstić information content (AvgIpc) is 3.32. The van der Waals surface area contributed by atoms with E-state index in [-0.39, 0.29) is 24.7 Å². The van der Waals surface area contributed by atoms with Crippen LogP contribution in [0, 0.1) is 25.7 Å². The maximum Gasteiger partial charge on any atom is 0.250 e. The van der Waals surface area contributed by atoms with Crippen molar-refractivity contribution >= 4 is 35.0 Å². The van der Waals surface area contributed by atoms with E-state index in [0.717, 1.165) is 11.1 Å². The lowest BCUT2D eigenvalue weighted by Crippen LogP contribution is -2.53. The standard InChI is InChI=1S/C24H24N4O4/c1-12-6-5-7-13(2)20(12)28-21(30)18-16(10-11-17(25)29)27-24(19(18)22(28)31)14-8-3-4-9-15(14)26-23(24)32/h3-9,16,18-19,27H,10-11H2,1-2H3,(H2,25,29)(H,26,32)/t16-,18+,19-,24-/m0/s1. The summed E-state index contributed by atoms with van der Waals surface area (Å²) in [4.78, 5) is 53.7. The van der Waals surface area contributed by atoms with Gasteiger partial charge in [-0.2, -0.15) is 0 Å². The van der Waals surface area contributed by atoms with Gasteiger partial charge in [-0.1, -0.05) is 36.4 Å². The van der Waals surface area contributed by atoms with E-state index in [4.69, 9.17) is 5.73 Å². The van der Waals surface area contributed by atoms with Gasteiger partial charge in [0.25, 0.3) is 0 Å². The van der Waals surface area contributed by atoms with E-state index in [0.29, 0.717) is 16.9 Å². The van der Waals surface area contributed by atoms with Gasteiger partial charge >= 0.3 is 0 Å². The molecule has 0 aliphatic carbocycles. The van der Waals surface area contributed by atoms with E-state index in [2.05, 4.69) is 10.6 Å². The number of primary amides is 1. The smallest absolute Gasteiger partial charge is 0.250 e. The normalized spacial score (nSPS) is 28.2. The van der Waals surface area contributed by atoms with Crippen LogP contribution in [0.15, 0.2) is 42.5 Å². The molecule has 2 aromatic carbocycles. The number of carbonyl (C=O) groups is 4. The number of imide groups is 1. The van der Waals surface area contributed by atoms with Crippen LogP contribution in [-0.4, -0.2) is 29.7 Å². The lowest BCUT2D eigenvalue weighted by Gasteiger charge is -2.30. The molecule has 3 aliphatic rings. The molecule has 4 N–H and O–H groups in total. The molecule has 2 saturated heterocycles. The molecule has 4 amide bonds. The van der Waals surface area contributed by atoms with Crippen molar-refractivity contribution in [2.45, 2.75) is 38.3 Å². The third-order valence-electron chi connectivity index (χ3n) is 6.99. The summed E-state index contributed by atoms with van der Waals surface area (Å²) in [5.41, 5.74) is 7.43. The minimum atomic E-state index is -1.37. The Morgan fingerprint density at radius 1 is 1.03 bits per heavy atom. The predicted octanol–water partition coefficient (Wildman–Crippen LogP) is 1.49. The zero-order valence-electron chi connectivity index (χ0n) is 17.8. The summed E-state index contributed by atoms with van der Waals surface area (Å²) in [7, 11) is 0. The monoisotopic (exact) mass is 432 g/mol. The van der Waals surface area contributed by atoms with Crippen LogP contribution in [0.4, 0.5) is 11.4 Å².